The van der Waals surface area contributed by atoms with Crippen LogP contribution in [0.15, 0.2) is 48.5 Å². The number of ether oxygens (including phenoxy) is 1. The van der Waals surface area contributed by atoms with Gasteiger partial charge < -0.3 is 19.8 Å². The number of aryl methyl sites for hydroxylation is 1. The first-order valence-corrected chi connectivity index (χ1v) is 11.1. The van der Waals surface area contributed by atoms with E-state index in [1.807, 2.05) is 31.2 Å². The third-order valence-electron chi connectivity index (χ3n) is 6.22. The highest BCUT2D eigenvalue weighted by atomic mass is 19.1. The molecule has 0 aliphatic carbocycles. The van der Waals surface area contributed by atoms with Crippen LogP contribution in [0.5, 0.6) is 5.75 Å². The van der Waals surface area contributed by atoms with E-state index in [1.54, 1.807) is 31.4 Å². The topological polar surface area (TPSA) is 114 Å². The second kappa shape index (κ2) is 8.83. The lowest BCUT2D eigenvalue weighted by molar-refractivity contribution is -0.153. The zero-order valence-corrected chi connectivity index (χ0v) is 19.5. The first-order chi connectivity index (χ1) is 16.0. The smallest absolute Gasteiger partial charge is 0.269 e. The number of hydrogen-bond donors (Lipinski definition) is 3. The third-order valence-corrected chi connectivity index (χ3v) is 6.22. The Balaban J connectivity index is 1.75. The fourth-order valence-corrected chi connectivity index (χ4v) is 4.20. The van der Waals surface area contributed by atoms with Crippen LogP contribution in [0.4, 0.5) is 4.39 Å². The minimum Gasteiger partial charge on any atom is -0.497 e. The molecule has 1 aromatic heterocycles. The summed E-state index contributed by atoms with van der Waals surface area (Å²) in [5.41, 5.74) is 4.34. The van der Waals surface area contributed by atoms with Crippen molar-refractivity contribution in [2.75, 3.05) is 20.2 Å². The molecule has 1 fully saturated rings. The molecule has 1 aliphatic rings. The van der Waals surface area contributed by atoms with Crippen molar-refractivity contribution in [2.45, 2.75) is 38.0 Å². The van der Waals surface area contributed by atoms with Gasteiger partial charge in [0.1, 0.15) is 22.7 Å². The second-order valence-corrected chi connectivity index (χ2v) is 8.96. The number of piperidine rings is 1. The molecule has 1 saturated heterocycles. The highest BCUT2D eigenvalue weighted by molar-refractivity contribution is 5.83. The molecule has 1 unspecified atom stereocenters. The molecule has 34 heavy (non-hydrogen) atoms. The number of aliphatic hydroxyl groups is 2. The number of carbonyl (C=O) groups is 1. The average molecular weight is 469 g/mol. The van der Waals surface area contributed by atoms with Crippen LogP contribution in [-0.4, -0.2) is 56.7 Å². The summed E-state index contributed by atoms with van der Waals surface area (Å²) >= 11 is 0. The molecule has 2 heterocycles. The van der Waals surface area contributed by atoms with Crippen molar-refractivity contribution in [3.8, 4) is 22.7 Å². The van der Waals surface area contributed by atoms with Crippen LogP contribution >= 0.6 is 0 Å². The monoisotopic (exact) mass is 468 g/mol. The first-order valence-electron chi connectivity index (χ1n) is 11.1. The van der Waals surface area contributed by atoms with Crippen LogP contribution in [0.25, 0.3) is 16.9 Å². The Kier molecular flexibility index (Phi) is 6.20. The van der Waals surface area contributed by atoms with E-state index in [0.717, 1.165) is 5.56 Å². The van der Waals surface area contributed by atoms with E-state index in [2.05, 4.69) is 5.10 Å². The Morgan fingerprint density at radius 2 is 1.74 bits per heavy atom. The van der Waals surface area contributed by atoms with E-state index in [9.17, 15) is 15.0 Å². The highest BCUT2D eigenvalue weighted by Crippen LogP contribution is 2.38. The van der Waals surface area contributed by atoms with E-state index in [0.29, 0.717) is 17.0 Å². The van der Waals surface area contributed by atoms with E-state index in [4.69, 9.17) is 10.5 Å². The van der Waals surface area contributed by atoms with Crippen molar-refractivity contribution >= 4 is 5.91 Å². The minimum atomic E-state index is -2.00. The number of halogens is 1. The highest BCUT2D eigenvalue weighted by Gasteiger charge is 2.43. The van der Waals surface area contributed by atoms with Gasteiger partial charge in [-0.3, -0.25) is 10.5 Å². The van der Waals surface area contributed by atoms with E-state index in [-0.39, 0.29) is 37.3 Å². The van der Waals surface area contributed by atoms with Crippen LogP contribution in [0.2, 0.25) is 0 Å². The molecule has 1 amide bonds. The van der Waals surface area contributed by atoms with E-state index in [1.165, 1.54) is 16.5 Å². The molecule has 0 bridgehead atoms. The summed E-state index contributed by atoms with van der Waals surface area (Å²) in [5.74, 6) is -0.605. The van der Waals surface area contributed by atoms with Gasteiger partial charge in [0.25, 0.3) is 5.91 Å². The number of amides is 1. The maximum atomic E-state index is 16.0. The Morgan fingerprint density at radius 1 is 1.15 bits per heavy atom. The van der Waals surface area contributed by atoms with Crippen molar-refractivity contribution < 1.29 is 24.1 Å². The lowest BCUT2D eigenvalue weighted by atomic mass is 9.87. The summed E-state index contributed by atoms with van der Waals surface area (Å²) in [4.78, 5) is 13.7. The summed E-state index contributed by atoms with van der Waals surface area (Å²) in [7, 11) is 1.56. The maximum Gasteiger partial charge on any atom is 0.269 e. The zero-order valence-electron chi connectivity index (χ0n) is 19.5. The molecule has 2 aromatic carbocycles. The Bertz CT molecular complexity index is 1180. The molecule has 4 rings (SSSR count). The number of likely N-dealkylation sites (tertiary alicyclic amines) is 1. The van der Waals surface area contributed by atoms with Gasteiger partial charge in [0.15, 0.2) is 11.5 Å². The number of nitrogens with two attached hydrogens (primary N) is 1. The molecule has 3 aromatic rings. The van der Waals surface area contributed by atoms with Gasteiger partial charge in [-0.2, -0.15) is 5.10 Å². The number of nitrogens with zero attached hydrogens (tertiary/aromatic N) is 3. The normalized spacial score (nSPS) is 17.3. The van der Waals surface area contributed by atoms with Crippen molar-refractivity contribution in [2.24, 2.45) is 5.73 Å². The van der Waals surface area contributed by atoms with Crippen molar-refractivity contribution in [3.63, 3.8) is 0 Å². The molecule has 0 spiro atoms. The lowest BCUT2D eigenvalue weighted by Gasteiger charge is -2.38. The van der Waals surface area contributed by atoms with Gasteiger partial charge in [0, 0.05) is 18.7 Å². The molecule has 8 nitrogen and oxygen atoms in total. The number of carbonyl (C=O) groups excluding carboxylic acids is 1. The van der Waals surface area contributed by atoms with Crippen LogP contribution < -0.4 is 10.5 Å². The number of hydrogen-bond acceptors (Lipinski definition) is 6. The molecule has 1 atom stereocenters. The van der Waals surface area contributed by atoms with Gasteiger partial charge in [0.2, 0.25) is 0 Å². The maximum absolute atomic E-state index is 16.0. The van der Waals surface area contributed by atoms with Crippen molar-refractivity contribution in [1.29, 1.82) is 0 Å². The van der Waals surface area contributed by atoms with Crippen LogP contribution in [0.1, 0.15) is 31.0 Å². The third kappa shape index (κ3) is 4.42. The van der Waals surface area contributed by atoms with Gasteiger partial charge in [-0.15, -0.1) is 0 Å². The summed E-state index contributed by atoms with van der Waals surface area (Å²) in [6.45, 7) is 3.37. The second-order valence-electron chi connectivity index (χ2n) is 8.96. The molecule has 0 saturated carbocycles. The largest absolute Gasteiger partial charge is 0.497 e. The summed E-state index contributed by atoms with van der Waals surface area (Å²) in [6, 6.07) is 14.4. The molecule has 9 heteroatoms. The Labute approximate surface area is 197 Å². The number of aromatic nitrogens is 2. The zero-order chi connectivity index (χ0) is 24.7. The number of rotatable bonds is 5. The molecule has 180 valence electrons. The lowest BCUT2D eigenvalue weighted by Crippen LogP contribution is -2.56. The summed E-state index contributed by atoms with van der Waals surface area (Å²) in [6.07, 6.45) is 0.109. The van der Waals surface area contributed by atoms with Crippen molar-refractivity contribution in [1.82, 2.24) is 14.7 Å². The van der Waals surface area contributed by atoms with Crippen molar-refractivity contribution in [3.05, 3.63) is 65.6 Å². The average Bonchev–Trinajstić information content (AvgIpc) is 3.17. The quantitative estimate of drug-likeness (QED) is 0.496. The van der Waals surface area contributed by atoms with Gasteiger partial charge in [-0.25, -0.2) is 9.07 Å². The summed E-state index contributed by atoms with van der Waals surface area (Å²) < 4.78 is 22.7. The van der Waals surface area contributed by atoms with Crippen LogP contribution in [0, 0.1) is 12.7 Å². The van der Waals surface area contributed by atoms with Gasteiger partial charge in [0.05, 0.1) is 12.8 Å². The fourth-order valence-electron chi connectivity index (χ4n) is 4.20. The molecule has 0 radical (unpaired) electrons. The molecular formula is C25H29FN4O4. The van der Waals surface area contributed by atoms with E-state index < -0.39 is 23.1 Å². The molecule has 4 N–H and O–H groups in total. The molecule has 1 aliphatic heterocycles. The van der Waals surface area contributed by atoms with Crippen LogP contribution in [-0.2, 0) is 10.4 Å². The predicted molar refractivity (Wildman–Crippen MR) is 125 cm³/mol. The minimum absolute atomic E-state index is 0.0543. The Hall–Kier alpha value is -3.27. The van der Waals surface area contributed by atoms with Gasteiger partial charge >= 0.3 is 0 Å². The van der Waals surface area contributed by atoms with Crippen LogP contribution in [0.3, 0.4) is 0 Å². The predicted octanol–water partition coefficient (Wildman–Crippen LogP) is 2.47. The van der Waals surface area contributed by atoms with E-state index >= 15 is 4.39 Å². The van der Waals surface area contributed by atoms with Gasteiger partial charge in [-0.05, 0) is 51.0 Å². The fraction of sp³-hybridized carbons (Fsp3) is 0.360. The summed E-state index contributed by atoms with van der Waals surface area (Å²) in [5, 5.41) is 25.8. The molecular weight excluding hydrogens is 439 g/mol. The Morgan fingerprint density at radius 3 is 2.26 bits per heavy atom. The number of benzene rings is 2. The number of methoxy groups -OCH3 is 1. The first kappa shape index (κ1) is 23.9. The van der Waals surface area contributed by atoms with Gasteiger partial charge in [-0.1, -0.05) is 29.8 Å². The SMILES string of the molecule is COc1ccc(-n2nc(C3(O)CCN(C(=O)C(C)(N)O)CC3)c(F)c2-c2ccc(C)cc2)cc1. The standard InChI is InChI=1S/C25H29FN4O4/c1-16-4-6-17(7-5-16)21-20(26)22(28-30(21)18-8-10-19(34-3)11-9-18)25(33)12-14-29(15-13-25)23(31)24(2,27)32/h4-11,32-33H,12-15,27H2,1-3H3.